The van der Waals surface area contributed by atoms with Gasteiger partial charge in [0.05, 0.1) is 5.69 Å². The molecule has 0 saturated carbocycles. The Kier molecular flexibility index (Phi) is 1.92. The molecule has 1 atom stereocenters. The summed E-state index contributed by atoms with van der Waals surface area (Å²) in [6.07, 6.45) is 2.82. The van der Waals surface area contributed by atoms with Crippen LogP contribution in [0.1, 0.15) is 24.2 Å². The summed E-state index contributed by atoms with van der Waals surface area (Å²) in [4.78, 5) is 0. The van der Waals surface area contributed by atoms with Crippen LogP contribution >= 0.6 is 15.9 Å². The number of hydrogen-bond acceptors (Lipinski definition) is 2. The zero-order chi connectivity index (χ0) is 10.4. The van der Waals surface area contributed by atoms with Crippen LogP contribution in [0.2, 0.25) is 0 Å². The molecule has 4 heteroatoms. The summed E-state index contributed by atoms with van der Waals surface area (Å²) in [5.41, 5.74) is 2.56. The van der Waals surface area contributed by atoms with E-state index < -0.39 is 0 Å². The van der Waals surface area contributed by atoms with Gasteiger partial charge in [-0.3, -0.25) is 4.57 Å². The summed E-state index contributed by atoms with van der Waals surface area (Å²) >= 11 is 3.50. The molecule has 0 aliphatic carbocycles. The van der Waals surface area contributed by atoms with E-state index in [1.54, 1.807) is 6.33 Å². The maximum absolute atomic E-state index is 4.16. The van der Waals surface area contributed by atoms with E-state index in [0.717, 1.165) is 16.7 Å². The van der Waals surface area contributed by atoms with Gasteiger partial charge in [-0.25, -0.2) is 0 Å². The molecule has 1 aromatic carbocycles. The predicted octanol–water partition coefficient (Wildman–Crippen LogP) is 2.69. The van der Waals surface area contributed by atoms with Crippen molar-refractivity contribution < 1.29 is 0 Å². The molecule has 3 nitrogen and oxygen atoms in total. The Morgan fingerprint density at radius 2 is 2.33 bits per heavy atom. The Morgan fingerprint density at radius 1 is 1.47 bits per heavy atom. The molecule has 0 radical (unpaired) electrons. The lowest BCUT2D eigenvalue weighted by Crippen LogP contribution is -2.15. The first-order valence-electron chi connectivity index (χ1n) is 4.94. The highest BCUT2D eigenvalue weighted by atomic mass is 79.9. The van der Waals surface area contributed by atoms with E-state index in [-0.39, 0.29) is 0 Å². The molecule has 0 fully saturated rings. The highest BCUT2D eigenvalue weighted by Gasteiger charge is 2.22. The Hall–Kier alpha value is -1.16. The Bertz CT molecular complexity index is 518. The van der Waals surface area contributed by atoms with Crippen LogP contribution in [0.25, 0.3) is 5.69 Å². The topological polar surface area (TPSA) is 30.7 Å². The minimum atomic E-state index is 0.439. The average Bonchev–Trinajstić information content (AvgIpc) is 2.66. The Balaban J connectivity index is 2.27. The van der Waals surface area contributed by atoms with E-state index >= 15 is 0 Å². The van der Waals surface area contributed by atoms with Gasteiger partial charge >= 0.3 is 0 Å². The number of fused-ring (bicyclic) bond motifs is 3. The number of aromatic nitrogens is 3. The van der Waals surface area contributed by atoms with Gasteiger partial charge in [-0.1, -0.05) is 22.9 Å². The lowest BCUT2D eigenvalue weighted by molar-refractivity contribution is 0.647. The third-order valence-electron chi connectivity index (χ3n) is 2.84. The van der Waals surface area contributed by atoms with E-state index in [4.69, 9.17) is 0 Å². The second-order valence-electron chi connectivity index (χ2n) is 3.94. The van der Waals surface area contributed by atoms with Gasteiger partial charge in [0.25, 0.3) is 0 Å². The van der Waals surface area contributed by atoms with Crippen LogP contribution in [-0.2, 0) is 6.42 Å². The fraction of sp³-hybridized carbons (Fsp3) is 0.273. The summed E-state index contributed by atoms with van der Waals surface area (Å²) < 4.78 is 3.21. The Labute approximate surface area is 96.3 Å². The molecule has 0 bridgehead atoms. The zero-order valence-corrected chi connectivity index (χ0v) is 9.90. The van der Waals surface area contributed by atoms with Crippen molar-refractivity contribution in [2.75, 3.05) is 0 Å². The average molecular weight is 264 g/mol. The second-order valence-corrected chi connectivity index (χ2v) is 4.85. The smallest absolute Gasteiger partial charge is 0.140 e. The summed E-state index contributed by atoms with van der Waals surface area (Å²) in [6.45, 7) is 2.18. The molecular formula is C11H10BrN3. The number of halogens is 1. The first-order valence-corrected chi connectivity index (χ1v) is 5.74. The number of benzene rings is 1. The number of rotatable bonds is 0. The summed E-state index contributed by atoms with van der Waals surface area (Å²) in [5.74, 6) is 1.50. The van der Waals surface area contributed by atoms with Crippen molar-refractivity contribution in [2.24, 2.45) is 0 Å². The van der Waals surface area contributed by atoms with E-state index in [1.165, 1.54) is 11.3 Å². The van der Waals surface area contributed by atoms with Crippen LogP contribution < -0.4 is 0 Å². The monoisotopic (exact) mass is 263 g/mol. The van der Waals surface area contributed by atoms with Crippen molar-refractivity contribution in [1.29, 1.82) is 0 Å². The fourth-order valence-electron chi connectivity index (χ4n) is 2.14. The maximum Gasteiger partial charge on any atom is 0.140 e. The normalized spacial score (nSPS) is 18.4. The molecule has 2 aromatic rings. The first-order chi connectivity index (χ1) is 7.25. The van der Waals surface area contributed by atoms with Gasteiger partial charge in [0.1, 0.15) is 12.2 Å². The first kappa shape index (κ1) is 9.09. The van der Waals surface area contributed by atoms with Gasteiger partial charge < -0.3 is 0 Å². The highest BCUT2D eigenvalue weighted by Crippen LogP contribution is 2.31. The second kappa shape index (κ2) is 3.17. The van der Waals surface area contributed by atoms with Gasteiger partial charge in [0, 0.05) is 10.4 Å². The molecule has 1 aliphatic rings. The molecule has 0 saturated heterocycles. The molecule has 1 unspecified atom stereocenters. The van der Waals surface area contributed by atoms with Crippen LogP contribution in [0.4, 0.5) is 0 Å². The van der Waals surface area contributed by atoms with Crippen molar-refractivity contribution in [1.82, 2.24) is 14.8 Å². The third kappa shape index (κ3) is 1.32. The highest BCUT2D eigenvalue weighted by molar-refractivity contribution is 9.10. The summed E-state index contributed by atoms with van der Waals surface area (Å²) in [7, 11) is 0. The SMILES string of the molecule is CC1Cc2cc(Br)ccc2-n2cnnc21. The molecule has 15 heavy (non-hydrogen) atoms. The standard InChI is InChI=1S/C11H10BrN3/c1-7-4-8-5-9(12)2-3-10(8)15-6-13-14-11(7)15/h2-3,5-7H,4H2,1H3. The molecule has 0 N–H and O–H groups in total. The molecule has 0 spiro atoms. The predicted molar refractivity (Wildman–Crippen MR) is 61.2 cm³/mol. The van der Waals surface area contributed by atoms with E-state index in [9.17, 15) is 0 Å². The third-order valence-corrected chi connectivity index (χ3v) is 3.34. The minimum absolute atomic E-state index is 0.439. The molecule has 1 aromatic heterocycles. The lowest BCUT2D eigenvalue weighted by Gasteiger charge is -2.22. The number of hydrogen-bond donors (Lipinski definition) is 0. The van der Waals surface area contributed by atoms with Crippen molar-refractivity contribution in [2.45, 2.75) is 19.3 Å². The molecular weight excluding hydrogens is 254 g/mol. The van der Waals surface area contributed by atoms with E-state index in [2.05, 4.69) is 55.8 Å². The zero-order valence-electron chi connectivity index (χ0n) is 8.31. The van der Waals surface area contributed by atoms with Gasteiger partial charge in [-0.15, -0.1) is 10.2 Å². The van der Waals surface area contributed by atoms with Crippen LogP contribution in [-0.4, -0.2) is 14.8 Å². The van der Waals surface area contributed by atoms with E-state index in [0.29, 0.717) is 5.92 Å². The van der Waals surface area contributed by atoms with Crippen LogP contribution in [0.15, 0.2) is 29.0 Å². The van der Waals surface area contributed by atoms with Crippen molar-refractivity contribution in [3.8, 4) is 5.69 Å². The van der Waals surface area contributed by atoms with Gasteiger partial charge in [-0.05, 0) is 30.2 Å². The molecule has 0 amide bonds. The van der Waals surface area contributed by atoms with Crippen LogP contribution in [0.5, 0.6) is 0 Å². The molecule has 76 valence electrons. The Morgan fingerprint density at radius 3 is 3.20 bits per heavy atom. The van der Waals surface area contributed by atoms with Gasteiger partial charge in [0.15, 0.2) is 0 Å². The molecule has 2 heterocycles. The summed E-state index contributed by atoms with van der Waals surface area (Å²) in [5, 5.41) is 8.14. The van der Waals surface area contributed by atoms with Crippen molar-refractivity contribution in [3.05, 3.63) is 40.4 Å². The fourth-order valence-corrected chi connectivity index (χ4v) is 2.55. The lowest BCUT2D eigenvalue weighted by atomic mass is 9.95. The molecule has 3 rings (SSSR count). The molecule has 1 aliphatic heterocycles. The van der Waals surface area contributed by atoms with Gasteiger partial charge in [-0.2, -0.15) is 0 Å². The number of nitrogens with zero attached hydrogens (tertiary/aromatic N) is 3. The van der Waals surface area contributed by atoms with Crippen molar-refractivity contribution in [3.63, 3.8) is 0 Å². The van der Waals surface area contributed by atoms with Crippen molar-refractivity contribution >= 4 is 15.9 Å². The van der Waals surface area contributed by atoms with Crippen LogP contribution in [0.3, 0.4) is 0 Å². The van der Waals surface area contributed by atoms with E-state index in [1.807, 2.05) is 0 Å². The quantitative estimate of drug-likeness (QED) is 0.732. The van der Waals surface area contributed by atoms with Gasteiger partial charge in [0.2, 0.25) is 0 Å². The maximum atomic E-state index is 4.16. The van der Waals surface area contributed by atoms with Crippen LogP contribution in [0, 0.1) is 0 Å². The summed E-state index contributed by atoms with van der Waals surface area (Å²) in [6, 6.07) is 6.34. The largest absolute Gasteiger partial charge is 0.285 e. The minimum Gasteiger partial charge on any atom is -0.285 e.